The number of thiol groups is 1. The van der Waals surface area contributed by atoms with Gasteiger partial charge in [0, 0.05) is 29.5 Å². The number of pyridine rings is 2. The molecule has 0 amide bonds. The van der Waals surface area contributed by atoms with Crippen LogP contribution < -0.4 is 5.73 Å². The minimum Gasteiger partial charge on any atom is -0.480 e. The van der Waals surface area contributed by atoms with Crippen molar-refractivity contribution >= 4 is 18.6 Å². The van der Waals surface area contributed by atoms with Gasteiger partial charge in [0.15, 0.2) is 0 Å². The molecule has 0 aromatic carbocycles. The van der Waals surface area contributed by atoms with E-state index in [2.05, 4.69) is 22.6 Å². The Balaban J connectivity index is 0.000000397. The van der Waals surface area contributed by atoms with E-state index >= 15 is 0 Å². The van der Waals surface area contributed by atoms with Crippen LogP contribution in [0.4, 0.5) is 0 Å². The summed E-state index contributed by atoms with van der Waals surface area (Å²) in [6, 6.07) is 10.9. The molecule has 0 aliphatic heterocycles. The molecule has 1 unspecified atom stereocenters. The molecule has 1 atom stereocenters. The topological polar surface area (TPSA) is 89.1 Å². The molecule has 7 heteroatoms. The van der Waals surface area contributed by atoms with Gasteiger partial charge in [0.1, 0.15) is 6.04 Å². The molecule has 2 aromatic rings. The molecule has 0 aliphatic carbocycles. The molecule has 2 heterocycles. The number of hydrogen-bond acceptors (Lipinski definition) is 5. The van der Waals surface area contributed by atoms with E-state index in [1.54, 1.807) is 12.4 Å². The molecule has 117 valence electrons. The molecular formula is C14H17CuN3O2S. The van der Waals surface area contributed by atoms with E-state index < -0.39 is 12.0 Å². The Morgan fingerprint density at radius 2 is 1.62 bits per heavy atom. The average molecular weight is 355 g/mol. The maximum Gasteiger partial charge on any atom is 0.320 e. The van der Waals surface area contributed by atoms with E-state index in [1.807, 2.05) is 36.4 Å². The van der Waals surface area contributed by atoms with Crippen molar-refractivity contribution < 1.29 is 27.0 Å². The van der Waals surface area contributed by atoms with Gasteiger partial charge in [0.05, 0.1) is 11.4 Å². The van der Waals surface area contributed by atoms with Crippen LogP contribution in [-0.2, 0) is 21.9 Å². The monoisotopic (exact) mass is 354 g/mol. The summed E-state index contributed by atoms with van der Waals surface area (Å²) in [5.74, 6) is -0.438. The van der Waals surface area contributed by atoms with Gasteiger partial charge in [-0.05, 0) is 36.4 Å². The van der Waals surface area contributed by atoms with Crippen molar-refractivity contribution in [1.82, 2.24) is 9.97 Å². The summed E-state index contributed by atoms with van der Waals surface area (Å²) in [5.41, 5.74) is 6.91. The normalized spacial score (nSPS) is 10.6. The van der Waals surface area contributed by atoms with Gasteiger partial charge >= 0.3 is 5.97 Å². The summed E-state index contributed by atoms with van der Waals surface area (Å²) in [6.07, 6.45) is 3.96. The minimum atomic E-state index is -0.959. The maximum absolute atomic E-state index is 9.93. The Morgan fingerprint density at radius 1 is 1.14 bits per heavy atom. The van der Waals surface area contributed by atoms with Crippen LogP contribution in [0, 0.1) is 0 Å². The van der Waals surface area contributed by atoms with Crippen molar-refractivity contribution in [2.24, 2.45) is 5.73 Å². The van der Waals surface area contributed by atoms with E-state index in [4.69, 9.17) is 10.8 Å². The van der Waals surface area contributed by atoms with Crippen molar-refractivity contribution in [2.45, 2.75) is 12.5 Å². The zero-order chi connectivity index (χ0) is 14.8. The molecule has 5 nitrogen and oxygen atoms in total. The number of carboxylic acid groups (broad SMARTS) is 1. The van der Waals surface area contributed by atoms with Crippen LogP contribution in [0.5, 0.6) is 0 Å². The van der Waals surface area contributed by atoms with Crippen LogP contribution in [0.25, 0.3) is 11.4 Å². The summed E-state index contributed by atoms with van der Waals surface area (Å²) >= 11 is 3.81. The molecule has 0 fully saturated rings. The Hall–Kier alpha value is -1.40. The van der Waals surface area contributed by atoms with E-state index in [9.17, 15) is 4.79 Å². The van der Waals surface area contributed by atoms with Crippen LogP contribution in [0.3, 0.4) is 0 Å². The first kappa shape index (κ1) is 19.6. The summed E-state index contributed by atoms with van der Waals surface area (Å²) < 4.78 is 0. The van der Waals surface area contributed by atoms with Crippen molar-refractivity contribution in [3.63, 3.8) is 0 Å². The second-order valence-corrected chi connectivity index (χ2v) is 4.33. The Kier molecular flexibility index (Phi) is 10.5. The average Bonchev–Trinajstić information content (AvgIpc) is 2.50. The van der Waals surface area contributed by atoms with Crippen LogP contribution in [0.1, 0.15) is 6.42 Å². The van der Waals surface area contributed by atoms with Crippen LogP contribution >= 0.6 is 12.6 Å². The van der Waals surface area contributed by atoms with Gasteiger partial charge < -0.3 is 10.8 Å². The number of hydrogen-bond donors (Lipinski definition) is 3. The van der Waals surface area contributed by atoms with Gasteiger partial charge in [-0.1, -0.05) is 12.1 Å². The smallest absolute Gasteiger partial charge is 0.320 e. The molecule has 1 radical (unpaired) electrons. The molecule has 0 aliphatic rings. The zero-order valence-corrected chi connectivity index (χ0v) is 13.0. The fourth-order valence-electron chi connectivity index (χ4n) is 1.29. The van der Waals surface area contributed by atoms with Gasteiger partial charge in [-0.2, -0.15) is 12.6 Å². The molecule has 0 spiro atoms. The van der Waals surface area contributed by atoms with Crippen molar-refractivity contribution in [3.05, 3.63) is 48.8 Å². The van der Waals surface area contributed by atoms with Gasteiger partial charge in [0.25, 0.3) is 0 Å². The Bertz CT molecular complexity index is 477. The van der Waals surface area contributed by atoms with Gasteiger partial charge in [0.2, 0.25) is 0 Å². The van der Waals surface area contributed by atoms with Crippen LogP contribution in [-0.4, -0.2) is 32.8 Å². The molecule has 0 saturated heterocycles. The number of carbonyl (C=O) groups is 1. The molecule has 2 rings (SSSR count). The number of aromatic nitrogens is 2. The molecule has 2 aromatic heterocycles. The van der Waals surface area contributed by atoms with E-state index in [-0.39, 0.29) is 17.1 Å². The molecule has 3 N–H and O–H groups in total. The van der Waals surface area contributed by atoms with Crippen LogP contribution in [0.2, 0.25) is 0 Å². The van der Waals surface area contributed by atoms with Crippen LogP contribution in [0.15, 0.2) is 48.8 Å². The quantitative estimate of drug-likeness (QED) is 0.576. The van der Waals surface area contributed by atoms with E-state index in [0.717, 1.165) is 11.4 Å². The van der Waals surface area contributed by atoms with Gasteiger partial charge in [-0.3, -0.25) is 14.8 Å². The third-order valence-electron chi connectivity index (χ3n) is 2.35. The summed E-state index contributed by atoms with van der Waals surface area (Å²) in [5, 5.41) is 8.15. The number of nitrogens with zero attached hydrogens (tertiary/aromatic N) is 2. The van der Waals surface area contributed by atoms with Crippen molar-refractivity contribution in [3.8, 4) is 11.4 Å². The second-order valence-electron chi connectivity index (χ2n) is 3.89. The predicted molar refractivity (Wildman–Crippen MR) is 81.5 cm³/mol. The SMILES string of the molecule is NC(CCS)C(=O)O.[Cu].c1ccc(-c2ccccn2)nc1. The third-order valence-corrected chi connectivity index (χ3v) is 2.61. The summed E-state index contributed by atoms with van der Waals surface area (Å²) in [7, 11) is 0. The third kappa shape index (κ3) is 7.82. The molecular weight excluding hydrogens is 338 g/mol. The Morgan fingerprint density at radius 3 is 1.86 bits per heavy atom. The molecule has 21 heavy (non-hydrogen) atoms. The number of aliphatic carboxylic acids is 1. The van der Waals surface area contributed by atoms with Crippen molar-refractivity contribution in [1.29, 1.82) is 0 Å². The largest absolute Gasteiger partial charge is 0.480 e. The maximum atomic E-state index is 9.93. The first-order valence-electron chi connectivity index (χ1n) is 6.07. The Labute approximate surface area is 139 Å². The fourth-order valence-corrected chi connectivity index (χ4v) is 1.57. The first-order chi connectivity index (χ1) is 9.65. The predicted octanol–water partition coefficient (Wildman–Crippen LogP) is 1.86. The number of rotatable bonds is 4. The van der Waals surface area contributed by atoms with Gasteiger partial charge in [-0.15, -0.1) is 0 Å². The van der Waals surface area contributed by atoms with Gasteiger partial charge in [-0.25, -0.2) is 0 Å². The van der Waals surface area contributed by atoms with Crippen molar-refractivity contribution in [2.75, 3.05) is 5.75 Å². The summed E-state index contributed by atoms with van der Waals surface area (Å²) in [4.78, 5) is 18.3. The first-order valence-corrected chi connectivity index (χ1v) is 6.70. The molecule has 0 saturated carbocycles. The van der Waals surface area contributed by atoms with E-state index in [1.165, 1.54) is 0 Å². The standard InChI is InChI=1S/C10H8N2.C4H9NO2S.Cu/c1-3-7-11-9(5-1)10-6-2-4-8-12-10;5-3(1-2-8)4(6)7;/h1-8H;3,8H,1-2,5H2,(H,6,7);. The summed E-state index contributed by atoms with van der Waals surface area (Å²) in [6.45, 7) is 0. The van der Waals surface area contributed by atoms with E-state index in [0.29, 0.717) is 12.2 Å². The minimum absolute atomic E-state index is 0. The second kappa shape index (κ2) is 11.3. The number of nitrogens with two attached hydrogens (primary N) is 1. The zero-order valence-electron chi connectivity index (χ0n) is 11.2. The fraction of sp³-hybridized carbons (Fsp3) is 0.214. The molecule has 0 bridgehead atoms. The number of carboxylic acids is 1.